The number of Topliss-reactive ketones (excluding diaryl/α,β-unsaturated/α-hetero) is 1. The van der Waals surface area contributed by atoms with Gasteiger partial charge in [0.1, 0.15) is 17.2 Å². The van der Waals surface area contributed by atoms with Crippen LogP contribution in [-0.4, -0.2) is 43.5 Å². The van der Waals surface area contributed by atoms with Crippen LogP contribution in [-0.2, 0) is 9.59 Å². The van der Waals surface area contributed by atoms with Crippen LogP contribution in [0, 0.1) is 0 Å². The fourth-order valence-electron chi connectivity index (χ4n) is 3.33. The number of benzene rings is 2. The smallest absolute Gasteiger partial charge is 0.265 e. The summed E-state index contributed by atoms with van der Waals surface area (Å²) in [4.78, 5) is 38.0. The van der Waals surface area contributed by atoms with Gasteiger partial charge in [-0.2, -0.15) is 0 Å². The molecule has 8 heteroatoms. The summed E-state index contributed by atoms with van der Waals surface area (Å²) in [6.45, 7) is 3.97. The Balaban J connectivity index is 1.53. The zero-order valence-electron chi connectivity index (χ0n) is 16.1. The van der Waals surface area contributed by atoms with Crippen molar-refractivity contribution >= 4 is 29.0 Å². The van der Waals surface area contributed by atoms with Gasteiger partial charge >= 0.3 is 0 Å². The second-order valence-electron chi connectivity index (χ2n) is 6.73. The van der Waals surface area contributed by atoms with Gasteiger partial charge in [-0.3, -0.25) is 14.4 Å². The first kappa shape index (κ1) is 18.8. The van der Waals surface area contributed by atoms with Crippen molar-refractivity contribution in [1.82, 2.24) is 0 Å². The summed E-state index contributed by atoms with van der Waals surface area (Å²) in [6.07, 6.45) is -0.776. The highest BCUT2D eigenvalue weighted by Crippen LogP contribution is 2.34. The highest BCUT2D eigenvalue weighted by atomic mass is 16.5. The molecule has 1 atom stereocenters. The largest absolute Gasteiger partial charge is 0.482 e. The van der Waals surface area contributed by atoms with Gasteiger partial charge < -0.3 is 24.4 Å². The number of carbonyl (C=O) groups excluding carboxylic acids is 3. The van der Waals surface area contributed by atoms with Gasteiger partial charge in [0, 0.05) is 18.2 Å². The number of ether oxygens (including phenoxy) is 3. The topological polar surface area (TPSA) is 94.2 Å². The normalized spacial score (nSPS) is 16.0. The second-order valence-corrected chi connectivity index (χ2v) is 6.73. The molecule has 2 amide bonds. The van der Waals surface area contributed by atoms with Gasteiger partial charge in [0.25, 0.3) is 11.8 Å². The summed E-state index contributed by atoms with van der Waals surface area (Å²) >= 11 is 0. The number of amides is 2. The molecule has 4 rings (SSSR count). The summed E-state index contributed by atoms with van der Waals surface area (Å²) in [7, 11) is 0. The molecular weight excluding hydrogens is 376 g/mol. The predicted octanol–water partition coefficient (Wildman–Crippen LogP) is 2.41. The third-order valence-electron chi connectivity index (χ3n) is 4.77. The van der Waals surface area contributed by atoms with Crippen LogP contribution in [0.4, 0.5) is 11.4 Å². The van der Waals surface area contributed by atoms with Gasteiger partial charge in [0.2, 0.25) is 5.78 Å². The van der Waals surface area contributed by atoms with Crippen LogP contribution in [0.25, 0.3) is 0 Å². The minimum atomic E-state index is -0.776. The van der Waals surface area contributed by atoms with Crippen molar-refractivity contribution < 1.29 is 28.6 Å². The van der Waals surface area contributed by atoms with E-state index in [1.165, 1.54) is 0 Å². The molecule has 2 aliphatic rings. The number of hydrogen-bond acceptors (Lipinski definition) is 6. The Labute approximate surface area is 167 Å². The van der Waals surface area contributed by atoms with Crippen LogP contribution < -0.4 is 24.4 Å². The maximum atomic E-state index is 12.9. The number of nitrogens with zero attached hydrogens (tertiary/aromatic N) is 1. The van der Waals surface area contributed by atoms with Gasteiger partial charge in [-0.25, -0.2) is 0 Å². The highest BCUT2D eigenvalue weighted by Gasteiger charge is 2.27. The van der Waals surface area contributed by atoms with Crippen molar-refractivity contribution in [2.45, 2.75) is 20.0 Å². The van der Waals surface area contributed by atoms with Crippen molar-refractivity contribution in [3.63, 3.8) is 0 Å². The highest BCUT2D eigenvalue weighted by molar-refractivity contribution is 6.03. The van der Waals surface area contributed by atoms with Gasteiger partial charge in [0.15, 0.2) is 19.3 Å². The molecule has 0 radical (unpaired) electrons. The molecule has 2 aliphatic heterocycles. The molecule has 0 saturated heterocycles. The monoisotopic (exact) mass is 396 g/mol. The standard InChI is InChI=1S/C21H20N2O6/c1-3-23-16-8-13(4-6-18(16)28-11-20(23)25)21(26)12(2)29-14-5-7-17-15(9-14)22-19(24)10-27-17/h4-9,12H,3,10-11H2,1-2H3,(H,22,24). The van der Waals surface area contributed by atoms with Gasteiger partial charge in [-0.05, 0) is 44.2 Å². The Morgan fingerprint density at radius 2 is 1.90 bits per heavy atom. The molecule has 8 nitrogen and oxygen atoms in total. The number of anilines is 2. The minimum absolute atomic E-state index is 0.00771. The lowest BCUT2D eigenvalue weighted by molar-refractivity contribution is -0.121. The second kappa shape index (κ2) is 7.46. The summed E-state index contributed by atoms with van der Waals surface area (Å²) in [6, 6.07) is 9.98. The molecule has 0 saturated carbocycles. The first-order chi connectivity index (χ1) is 14.0. The Bertz CT molecular complexity index is 1000. The molecule has 1 unspecified atom stereocenters. The molecule has 150 valence electrons. The molecule has 2 aromatic carbocycles. The van der Waals surface area contributed by atoms with E-state index >= 15 is 0 Å². The first-order valence-electron chi connectivity index (χ1n) is 9.31. The molecule has 1 N–H and O–H groups in total. The molecular formula is C21H20N2O6. The van der Waals surface area contributed by atoms with Gasteiger partial charge in [-0.1, -0.05) is 0 Å². The van der Waals surface area contributed by atoms with E-state index in [2.05, 4.69) is 5.32 Å². The average molecular weight is 396 g/mol. The van der Waals surface area contributed by atoms with Crippen molar-refractivity contribution in [2.75, 3.05) is 30.0 Å². The summed E-state index contributed by atoms with van der Waals surface area (Å²) in [5, 5.41) is 2.70. The Kier molecular flexibility index (Phi) is 4.84. The van der Waals surface area contributed by atoms with E-state index in [0.717, 1.165) is 0 Å². The van der Waals surface area contributed by atoms with E-state index in [9.17, 15) is 14.4 Å². The summed E-state index contributed by atoms with van der Waals surface area (Å²) in [5.41, 5.74) is 1.50. The van der Waals surface area contributed by atoms with Crippen LogP contribution in [0.15, 0.2) is 36.4 Å². The van der Waals surface area contributed by atoms with E-state index < -0.39 is 6.10 Å². The number of ketones is 1. The predicted molar refractivity (Wildman–Crippen MR) is 105 cm³/mol. The number of likely N-dealkylation sites (N-methyl/N-ethyl adjacent to an activating group) is 1. The lowest BCUT2D eigenvalue weighted by Gasteiger charge is -2.28. The van der Waals surface area contributed by atoms with Gasteiger partial charge in [-0.15, -0.1) is 0 Å². The molecule has 0 bridgehead atoms. The summed E-state index contributed by atoms with van der Waals surface area (Å²) < 4.78 is 16.5. The van der Waals surface area contributed by atoms with E-state index in [-0.39, 0.29) is 30.8 Å². The van der Waals surface area contributed by atoms with Crippen molar-refractivity contribution in [3.05, 3.63) is 42.0 Å². The number of nitrogens with one attached hydrogen (secondary N) is 1. The SMILES string of the molecule is CCN1C(=O)COc2ccc(C(=O)C(C)Oc3ccc4c(c3)NC(=O)CO4)cc21. The molecule has 0 aliphatic carbocycles. The van der Waals surface area contributed by atoms with E-state index in [1.807, 2.05) is 6.92 Å². The van der Waals surface area contributed by atoms with E-state index in [4.69, 9.17) is 14.2 Å². The van der Waals surface area contributed by atoms with Crippen molar-refractivity contribution in [1.29, 1.82) is 0 Å². The number of rotatable bonds is 5. The zero-order chi connectivity index (χ0) is 20.5. The Morgan fingerprint density at radius 3 is 2.69 bits per heavy atom. The average Bonchev–Trinajstić information content (AvgIpc) is 2.72. The third kappa shape index (κ3) is 3.61. The summed E-state index contributed by atoms with van der Waals surface area (Å²) in [5.74, 6) is 0.927. The van der Waals surface area contributed by atoms with E-state index in [1.54, 1.807) is 48.2 Å². The van der Waals surface area contributed by atoms with Crippen molar-refractivity contribution in [2.24, 2.45) is 0 Å². The van der Waals surface area contributed by atoms with Crippen molar-refractivity contribution in [3.8, 4) is 17.2 Å². The number of hydrogen-bond donors (Lipinski definition) is 1. The minimum Gasteiger partial charge on any atom is -0.482 e. The van der Waals surface area contributed by atoms with Crippen LogP contribution in [0.3, 0.4) is 0 Å². The Morgan fingerprint density at radius 1 is 1.14 bits per heavy atom. The molecule has 0 aromatic heterocycles. The fourth-order valence-corrected chi connectivity index (χ4v) is 3.33. The van der Waals surface area contributed by atoms with E-state index in [0.29, 0.717) is 40.7 Å². The lowest BCUT2D eigenvalue weighted by atomic mass is 10.0. The van der Waals surface area contributed by atoms with Crippen LogP contribution in [0.5, 0.6) is 17.2 Å². The van der Waals surface area contributed by atoms with Gasteiger partial charge in [0.05, 0.1) is 11.4 Å². The number of carbonyl (C=O) groups is 3. The first-order valence-corrected chi connectivity index (χ1v) is 9.31. The van der Waals surface area contributed by atoms with Crippen LogP contribution >= 0.6 is 0 Å². The molecule has 29 heavy (non-hydrogen) atoms. The molecule has 2 aromatic rings. The quantitative estimate of drug-likeness (QED) is 0.780. The molecule has 0 fully saturated rings. The molecule has 2 heterocycles. The van der Waals surface area contributed by atoms with Crippen LogP contribution in [0.2, 0.25) is 0 Å². The van der Waals surface area contributed by atoms with Crippen LogP contribution in [0.1, 0.15) is 24.2 Å². The number of fused-ring (bicyclic) bond motifs is 2. The maximum absolute atomic E-state index is 12.9. The fraction of sp³-hybridized carbons (Fsp3) is 0.286. The third-order valence-corrected chi connectivity index (χ3v) is 4.77. The zero-order valence-corrected chi connectivity index (χ0v) is 16.1. The molecule has 0 spiro atoms. The maximum Gasteiger partial charge on any atom is 0.265 e. The lowest BCUT2D eigenvalue weighted by Crippen LogP contribution is -2.38. The Hall–Kier alpha value is -3.55.